The van der Waals surface area contributed by atoms with Gasteiger partial charge in [0.1, 0.15) is 16.9 Å². The Balaban J connectivity index is 4.28. The Morgan fingerprint density at radius 2 is 1.35 bits per heavy atom. The van der Waals surface area contributed by atoms with E-state index in [0.717, 1.165) is 0 Å². The number of rotatable bonds is 3. The van der Waals surface area contributed by atoms with Gasteiger partial charge in [0.25, 0.3) is 0 Å². The normalized spacial score (nSPS) is 11.9. The summed E-state index contributed by atoms with van der Waals surface area (Å²) in [5, 5.41) is 7.44. The maximum absolute atomic E-state index is 11.4. The van der Waals surface area contributed by atoms with Crippen LogP contribution in [-0.2, 0) is 19.1 Å². The number of carbonyl (C=O) groups excluding carboxylic acids is 2. The van der Waals surface area contributed by atoms with Crippen molar-refractivity contribution in [2.24, 2.45) is 0 Å². The van der Waals surface area contributed by atoms with Gasteiger partial charge in [0.15, 0.2) is 0 Å². The first kappa shape index (κ1) is 15.6. The summed E-state index contributed by atoms with van der Waals surface area (Å²) >= 11 is 0. The van der Waals surface area contributed by atoms with Gasteiger partial charge in [-0.15, -0.1) is 0 Å². The van der Waals surface area contributed by atoms with E-state index in [1.165, 1.54) is 0 Å². The van der Waals surface area contributed by atoms with E-state index in [1.807, 2.05) is 0 Å². The summed E-state index contributed by atoms with van der Waals surface area (Å²) in [5.41, 5.74) is -1.68. The van der Waals surface area contributed by atoms with Gasteiger partial charge in [-0.25, -0.2) is 4.79 Å². The summed E-state index contributed by atoms with van der Waals surface area (Å²) in [5.74, 6) is -1.39. The van der Waals surface area contributed by atoms with E-state index in [0.29, 0.717) is 0 Å². The number of nitrogens with one attached hydrogen (secondary N) is 1. The molecule has 17 heavy (non-hydrogen) atoms. The van der Waals surface area contributed by atoms with E-state index in [9.17, 15) is 9.59 Å². The maximum Gasteiger partial charge on any atom is 0.353 e. The molecule has 0 radical (unpaired) electrons. The first-order chi connectivity index (χ1) is 7.41. The quantitative estimate of drug-likeness (QED) is 0.608. The fourth-order valence-electron chi connectivity index (χ4n) is 0.934. The average molecular weight is 243 g/mol. The highest BCUT2D eigenvalue weighted by atomic mass is 16.6. The minimum Gasteiger partial charge on any atom is -0.460 e. The molecule has 0 atom stereocenters. The second kappa shape index (κ2) is 5.29. The molecule has 5 heteroatoms. The van der Waals surface area contributed by atoms with Crippen LogP contribution in [0, 0.1) is 5.41 Å². The highest BCUT2D eigenvalue weighted by Gasteiger charge is 2.24. The molecule has 5 nitrogen and oxygen atoms in total. The van der Waals surface area contributed by atoms with E-state index >= 15 is 0 Å². The lowest BCUT2D eigenvalue weighted by Gasteiger charge is -2.21. The van der Waals surface area contributed by atoms with E-state index in [-0.39, 0.29) is 6.42 Å². The molecule has 0 saturated carbocycles. The standard InChI is InChI=1S/C12H21NO4/c1-11(2,3)16-9(14)7-8(13)10(15)17-12(4,5)6/h13H,7H2,1-6H3. The van der Waals surface area contributed by atoms with E-state index in [2.05, 4.69) is 0 Å². The first-order valence-electron chi connectivity index (χ1n) is 5.43. The third-order valence-electron chi connectivity index (χ3n) is 1.39. The number of carbonyl (C=O) groups is 2. The second-order valence-electron chi connectivity index (χ2n) is 5.74. The van der Waals surface area contributed by atoms with Gasteiger partial charge in [0.05, 0.1) is 6.42 Å². The first-order valence-corrected chi connectivity index (χ1v) is 5.43. The number of hydrogen-bond acceptors (Lipinski definition) is 5. The molecule has 0 bridgehead atoms. The molecule has 0 spiro atoms. The molecule has 0 amide bonds. The SMILES string of the molecule is CC(C)(C)OC(=O)CC(=N)C(=O)OC(C)(C)C. The van der Waals surface area contributed by atoms with Crippen LogP contribution in [0.1, 0.15) is 48.0 Å². The minimum absolute atomic E-state index is 0.369. The van der Waals surface area contributed by atoms with Crippen molar-refractivity contribution in [2.75, 3.05) is 0 Å². The van der Waals surface area contributed by atoms with Crippen LogP contribution < -0.4 is 0 Å². The summed E-state index contributed by atoms with van der Waals surface area (Å²) in [7, 11) is 0. The largest absolute Gasteiger partial charge is 0.460 e. The topological polar surface area (TPSA) is 76.5 Å². The maximum atomic E-state index is 11.4. The van der Waals surface area contributed by atoms with Crippen LogP contribution in [0.15, 0.2) is 0 Å². The number of esters is 2. The van der Waals surface area contributed by atoms with Gasteiger partial charge in [-0.2, -0.15) is 0 Å². The molecule has 0 aliphatic carbocycles. The van der Waals surface area contributed by atoms with Gasteiger partial charge >= 0.3 is 11.9 Å². The molecule has 0 aromatic heterocycles. The number of hydrogen-bond donors (Lipinski definition) is 1. The zero-order valence-electron chi connectivity index (χ0n) is 11.3. The Morgan fingerprint density at radius 3 is 1.71 bits per heavy atom. The van der Waals surface area contributed by atoms with Crippen molar-refractivity contribution in [3.8, 4) is 0 Å². The average Bonchev–Trinajstić information content (AvgIpc) is 1.95. The second-order valence-corrected chi connectivity index (χ2v) is 5.74. The molecule has 0 fully saturated rings. The Kier molecular flexibility index (Phi) is 4.86. The lowest BCUT2D eigenvalue weighted by molar-refractivity contribution is -0.155. The molecular weight excluding hydrogens is 222 g/mol. The lowest BCUT2D eigenvalue weighted by atomic mass is 10.1. The van der Waals surface area contributed by atoms with Crippen molar-refractivity contribution in [1.29, 1.82) is 5.41 Å². The van der Waals surface area contributed by atoms with E-state index < -0.39 is 28.9 Å². The Labute approximate surface area is 102 Å². The van der Waals surface area contributed by atoms with E-state index in [4.69, 9.17) is 14.9 Å². The van der Waals surface area contributed by atoms with Crippen molar-refractivity contribution in [3.63, 3.8) is 0 Å². The van der Waals surface area contributed by atoms with Crippen LogP contribution in [0.2, 0.25) is 0 Å². The van der Waals surface area contributed by atoms with Crippen molar-refractivity contribution in [2.45, 2.75) is 59.2 Å². The van der Waals surface area contributed by atoms with Crippen LogP contribution in [-0.4, -0.2) is 28.9 Å². The third kappa shape index (κ3) is 8.42. The van der Waals surface area contributed by atoms with Crippen LogP contribution in [0.25, 0.3) is 0 Å². The monoisotopic (exact) mass is 243 g/mol. The van der Waals surface area contributed by atoms with Crippen molar-refractivity contribution < 1.29 is 19.1 Å². The van der Waals surface area contributed by atoms with Gasteiger partial charge in [0.2, 0.25) is 0 Å². The third-order valence-corrected chi connectivity index (χ3v) is 1.39. The zero-order valence-corrected chi connectivity index (χ0v) is 11.3. The molecule has 1 N–H and O–H groups in total. The van der Waals surface area contributed by atoms with Crippen molar-refractivity contribution in [1.82, 2.24) is 0 Å². The Hall–Kier alpha value is -1.39. The Bertz CT molecular complexity index is 320. The molecule has 0 aliphatic heterocycles. The van der Waals surface area contributed by atoms with Gasteiger partial charge in [-0.3, -0.25) is 10.2 Å². The van der Waals surface area contributed by atoms with Crippen LogP contribution >= 0.6 is 0 Å². The summed E-state index contributed by atoms with van der Waals surface area (Å²) in [6.07, 6.45) is -0.369. The molecule has 0 aromatic carbocycles. The molecule has 0 rings (SSSR count). The molecular formula is C12H21NO4. The molecule has 0 aliphatic rings. The predicted molar refractivity (Wildman–Crippen MR) is 64.0 cm³/mol. The van der Waals surface area contributed by atoms with Gasteiger partial charge in [-0.05, 0) is 41.5 Å². The highest BCUT2D eigenvalue weighted by molar-refractivity contribution is 6.38. The minimum atomic E-state index is -0.789. The fourth-order valence-corrected chi connectivity index (χ4v) is 0.934. The fraction of sp³-hybridized carbons (Fsp3) is 0.750. The molecule has 98 valence electrons. The van der Waals surface area contributed by atoms with Gasteiger partial charge < -0.3 is 9.47 Å². The smallest absolute Gasteiger partial charge is 0.353 e. The predicted octanol–water partition coefficient (Wildman–Crippen LogP) is 2.08. The summed E-state index contributed by atoms with van der Waals surface area (Å²) in [4.78, 5) is 22.8. The van der Waals surface area contributed by atoms with Crippen LogP contribution in [0.5, 0.6) is 0 Å². The van der Waals surface area contributed by atoms with Gasteiger partial charge in [-0.1, -0.05) is 0 Å². The van der Waals surface area contributed by atoms with Crippen molar-refractivity contribution in [3.05, 3.63) is 0 Å². The summed E-state index contributed by atoms with van der Waals surface area (Å²) in [6.45, 7) is 10.3. The zero-order chi connectivity index (χ0) is 13.9. The van der Waals surface area contributed by atoms with Crippen LogP contribution in [0.4, 0.5) is 0 Å². The van der Waals surface area contributed by atoms with Crippen molar-refractivity contribution >= 4 is 17.7 Å². The van der Waals surface area contributed by atoms with Crippen LogP contribution in [0.3, 0.4) is 0 Å². The molecule has 0 aromatic rings. The molecule has 0 heterocycles. The highest BCUT2D eigenvalue weighted by Crippen LogP contribution is 2.11. The van der Waals surface area contributed by atoms with E-state index in [1.54, 1.807) is 41.5 Å². The number of ether oxygens (including phenoxy) is 2. The molecule has 0 saturated heterocycles. The summed E-state index contributed by atoms with van der Waals surface area (Å²) in [6, 6.07) is 0. The molecule has 0 unspecified atom stereocenters. The Morgan fingerprint density at radius 1 is 0.941 bits per heavy atom. The van der Waals surface area contributed by atoms with Gasteiger partial charge in [0, 0.05) is 0 Å². The lowest BCUT2D eigenvalue weighted by Crippen LogP contribution is -2.31. The summed E-state index contributed by atoms with van der Waals surface area (Å²) < 4.78 is 9.96.